The van der Waals surface area contributed by atoms with Crippen LogP contribution in [0.5, 0.6) is 0 Å². The maximum atomic E-state index is 6.42. The van der Waals surface area contributed by atoms with Crippen molar-refractivity contribution in [2.24, 2.45) is 0 Å². The molecule has 262 valence electrons. The van der Waals surface area contributed by atoms with Gasteiger partial charge in [-0.2, -0.15) is 0 Å². The molecule has 0 bridgehead atoms. The Balaban J connectivity index is 1.55. The van der Waals surface area contributed by atoms with Crippen molar-refractivity contribution in [2.75, 3.05) is 10.5 Å². The molecule has 0 aromatic heterocycles. The summed E-state index contributed by atoms with van der Waals surface area (Å²) in [5.74, 6) is 0. The van der Waals surface area contributed by atoms with E-state index < -0.39 is 22.4 Å². The smallest absolute Gasteiger partial charge is 0.124 e. The maximum Gasteiger partial charge on any atom is 0.124 e. The average Bonchev–Trinajstić information content (AvgIpc) is 3.50. The van der Waals surface area contributed by atoms with E-state index in [-0.39, 0.29) is 5.41 Å². The van der Waals surface area contributed by atoms with Gasteiger partial charge in [-0.1, -0.05) is 103 Å². The molecule has 2 heterocycles. The van der Waals surface area contributed by atoms with Gasteiger partial charge in [-0.05, 0) is 115 Å². The lowest BCUT2D eigenvalue weighted by Gasteiger charge is -2.34. The summed E-state index contributed by atoms with van der Waals surface area (Å²) >= 11 is 0. The van der Waals surface area contributed by atoms with E-state index in [1.54, 1.807) is 10.5 Å². The largest absolute Gasteiger partial charge is 0.239 e. The van der Waals surface area contributed by atoms with Gasteiger partial charge in [-0.25, -0.2) is 19.4 Å². The van der Waals surface area contributed by atoms with E-state index in [0.717, 1.165) is 24.2 Å². The molecule has 2 fully saturated rings. The van der Waals surface area contributed by atoms with Crippen molar-refractivity contribution in [1.29, 1.82) is 0 Å². The Morgan fingerprint density at radius 3 is 1.11 bits per heavy atom. The van der Waals surface area contributed by atoms with Crippen LogP contribution < -0.4 is 10.5 Å². The van der Waals surface area contributed by atoms with Crippen molar-refractivity contribution in [3.05, 3.63) is 47.5 Å². The second kappa shape index (κ2) is 14.0. The van der Waals surface area contributed by atoms with E-state index in [1.165, 1.54) is 99.3 Å². The molecule has 2 saturated heterocycles. The third-order valence-corrected chi connectivity index (χ3v) is 11.8. The van der Waals surface area contributed by atoms with Crippen LogP contribution in [-0.2, 0) is 24.8 Å². The lowest BCUT2D eigenvalue weighted by Crippen LogP contribution is -2.41. The molecule has 0 radical (unpaired) electrons. The Hall–Kier alpha value is -2.12. The number of benzene rings is 2. The van der Waals surface area contributed by atoms with Crippen molar-refractivity contribution >= 4 is 11.4 Å². The fraction of sp³-hybridized carbons (Fsp3) is 0.707. The predicted molar refractivity (Wildman–Crippen MR) is 194 cm³/mol. The summed E-state index contributed by atoms with van der Waals surface area (Å²) in [4.78, 5) is 25.7. The summed E-state index contributed by atoms with van der Waals surface area (Å²) in [6, 6.07) is 13.7. The molecular formula is C41H64N2O4. The number of hydrogen-bond acceptors (Lipinski definition) is 6. The van der Waals surface area contributed by atoms with Crippen molar-refractivity contribution in [2.45, 2.75) is 187 Å². The number of anilines is 2. The normalized spacial score (nSPS) is 21.3. The van der Waals surface area contributed by atoms with Crippen molar-refractivity contribution in [3.63, 3.8) is 0 Å². The Morgan fingerprint density at radius 2 is 0.766 bits per heavy atom. The fourth-order valence-corrected chi connectivity index (χ4v) is 7.29. The summed E-state index contributed by atoms with van der Waals surface area (Å²) < 4.78 is 0. The molecule has 0 amide bonds. The van der Waals surface area contributed by atoms with Crippen LogP contribution in [0.25, 0.3) is 11.1 Å². The summed E-state index contributed by atoms with van der Waals surface area (Å²) in [7, 11) is 0. The van der Waals surface area contributed by atoms with E-state index >= 15 is 0 Å². The molecule has 2 aliphatic heterocycles. The van der Waals surface area contributed by atoms with Crippen LogP contribution in [0.3, 0.4) is 0 Å². The van der Waals surface area contributed by atoms with Gasteiger partial charge in [0.2, 0.25) is 0 Å². The summed E-state index contributed by atoms with van der Waals surface area (Å²) in [5.41, 5.74) is 5.48. The van der Waals surface area contributed by atoms with Crippen LogP contribution in [0, 0.1) is 0 Å². The first kappa shape index (κ1) is 36.2. The topological polar surface area (TPSA) is 43.4 Å². The zero-order chi connectivity index (χ0) is 34.1. The average molecular weight is 649 g/mol. The van der Waals surface area contributed by atoms with E-state index in [9.17, 15) is 0 Å². The zero-order valence-corrected chi connectivity index (χ0v) is 31.4. The Kier molecular flexibility index (Phi) is 10.8. The second-order valence-electron chi connectivity index (χ2n) is 16.5. The van der Waals surface area contributed by atoms with Gasteiger partial charge in [0.25, 0.3) is 0 Å². The van der Waals surface area contributed by atoms with Crippen LogP contribution in [0.4, 0.5) is 11.4 Å². The SMILES string of the molecule is CCCCCCCCC1(CCCCCCCC)c2cc(N3OC(C)(C)C(C)(C)O3)ccc2-c2ccc(N3OC(C)(C)C(C)(C)O3)cc21. The van der Waals surface area contributed by atoms with Gasteiger partial charge in [-0.3, -0.25) is 0 Å². The molecule has 6 heteroatoms. The highest BCUT2D eigenvalue weighted by Crippen LogP contribution is 2.57. The lowest BCUT2D eigenvalue weighted by atomic mass is 9.70. The number of hydrogen-bond donors (Lipinski definition) is 0. The van der Waals surface area contributed by atoms with Crippen molar-refractivity contribution in [1.82, 2.24) is 0 Å². The molecule has 0 N–H and O–H groups in total. The van der Waals surface area contributed by atoms with Crippen LogP contribution in [0.1, 0.15) is 170 Å². The molecule has 0 spiro atoms. The first-order valence-corrected chi connectivity index (χ1v) is 18.8. The van der Waals surface area contributed by atoms with E-state index in [1.807, 2.05) is 0 Å². The highest BCUT2D eigenvalue weighted by atomic mass is 17.0. The quantitative estimate of drug-likeness (QED) is 0.169. The van der Waals surface area contributed by atoms with Crippen LogP contribution >= 0.6 is 0 Å². The number of rotatable bonds is 16. The van der Waals surface area contributed by atoms with Gasteiger partial charge < -0.3 is 0 Å². The van der Waals surface area contributed by atoms with Crippen molar-refractivity contribution in [3.8, 4) is 11.1 Å². The highest BCUT2D eigenvalue weighted by molar-refractivity contribution is 5.84. The van der Waals surface area contributed by atoms with Gasteiger partial charge in [-0.15, -0.1) is 10.5 Å². The molecule has 0 unspecified atom stereocenters. The third kappa shape index (κ3) is 7.13. The molecule has 47 heavy (non-hydrogen) atoms. The first-order valence-electron chi connectivity index (χ1n) is 18.8. The molecule has 0 saturated carbocycles. The Labute approximate surface area is 286 Å². The van der Waals surface area contributed by atoms with Gasteiger partial charge >= 0.3 is 0 Å². The molecule has 3 aliphatic rings. The molecule has 1 aliphatic carbocycles. The maximum absolute atomic E-state index is 6.42. The van der Waals surface area contributed by atoms with Gasteiger partial charge in [0.05, 0.1) is 11.4 Å². The number of fused-ring (bicyclic) bond motifs is 3. The van der Waals surface area contributed by atoms with Crippen LogP contribution in [0.2, 0.25) is 0 Å². The monoisotopic (exact) mass is 648 g/mol. The molecular weight excluding hydrogens is 584 g/mol. The molecule has 6 nitrogen and oxygen atoms in total. The number of unbranched alkanes of at least 4 members (excludes halogenated alkanes) is 10. The summed E-state index contributed by atoms with van der Waals surface area (Å²) in [6.07, 6.45) is 17.7. The van der Waals surface area contributed by atoms with Crippen LogP contribution in [-0.4, -0.2) is 22.4 Å². The van der Waals surface area contributed by atoms with Crippen molar-refractivity contribution < 1.29 is 19.4 Å². The third-order valence-electron chi connectivity index (χ3n) is 11.8. The first-order chi connectivity index (χ1) is 22.2. The number of nitrogens with zero attached hydrogens (tertiary/aromatic N) is 2. The van der Waals surface area contributed by atoms with Gasteiger partial charge in [0.15, 0.2) is 0 Å². The minimum atomic E-state index is -0.449. The molecule has 5 rings (SSSR count). The highest BCUT2D eigenvalue weighted by Gasteiger charge is 2.52. The second-order valence-corrected chi connectivity index (χ2v) is 16.5. The fourth-order valence-electron chi connectivity index (χ4n) is 7.29. The Bertz CT molecular complexity index is 1230. The van der Waals surface area contributed by atoms with E-state index in [2.05, 4.69) is 106 Å². The van der Waals surface area contributed by atoms with Gasteiger partial charge in [0, 0.05) is 5.41 Å². The summed E-state index contributed by atoms with van der Waals surface area (Å²) in [6.45, 7) is 21.4. The van der Waals surface area contributed by atoms with Crippen LogP contribution in [0.15, 0.2) is 36.4 Å². The molecule has 2 aromatic carbocycles. The zero-order valence-electron chi connectivity index (χ0n) is 31.4. The van der Waals surface area contributed by atoms with E-state index in [4.69, 9.17) is 19.4 Å². The molecule has 0 atom stereocenters. The van der Waals surface area contributed by atoms with Gasteiger partial charge in [0.1, 0.15) is 22.4 Å². The minimum Gasteiger partial charge on any atom is -0.239 e. The Morgan fingerprint density at radius 1 is 0.447 bits per heavy atom. The summed E-state index contributed by atoms with van der Waals surface area (Å²) in [5, 5.41) is 3.34. The van der Waals surface area contributed by atoms with E-state index in [0.29, 0.717) is 0 Å². The standard InChI is InChI=1S/C41H64N2O4/c1-11-13-15-17-19-21-27-41(28-22-20-18-16-14-12-2)35-29-31(42-44-37(3,4)38(5,6)45-42)23-25-33(35)34-26-24-32(30-36(34)41)43-46-39(7,8)40(9,10)47-43/h23-26,29-30H,11-22,27-28H2,1-10H3. The minimum absolute atomic E-state index is 0.109. The lowest BCUT2D eigenvalue weighted by molar-refractivity contribution is -0.0277. The molecule has 2 aromatic rings. The predicted octanol–water partition coefficient (Wildman–Crippen LogP) is 11.9.